The number of carbonyl (C=O) groups excluding carboxylic acids is 2. The molecule has 0 aliphatic carbocycles. The second-order valence-electron chi connectivity index (χ2n) is 4.59. The maximum atomic E-state index is 11.9. The Morgan fingerprint density at radius 1 is 1.32 bits per heavy atom. The molecule has 0 unspecified atom stereocenters. The largest absolute Gasteiger partial charge is 0.360 e. The molecule has 0 fully saturated rings. The van der Waals surface area contributed by atoms with Crippen molar-refractivity contribution < 1.29 is 9.59 Å². The highest BCUT2D eigenvalue weighted by Crippen LogP contribution is 2.16. The van der Waals surface area contributed by atoms with Crippen LogP contribution in [0.4, 0.5) is 5.13 Å². The Hall–Kier alpha value is -1.70. The molecular formula is C11H19N5O2S. The zero-order valence-electron chi connectivity index (χ0n) is 11.5. The molecule has 7 nitrogen and oxygen atoms in total. The molecule has 0 aliphatic rings. The quantitative estimate of drug-likeness (QED) is 0.706. The Morgan fingerprint density at radius 2 is 2.00 bits per heavy atom. The van der Waals surface area contributed by atoms with E-state index in [0.717, 1.165) is 6.54 Å². The van der Waals surface area contributed by atoms with Crippen LogP contribution in [0.15, 0.2) is 0 Å². The summed E-state index contributed by atoms with van der Waals surface area (Å²) in [4.78, 5) is 23.4. The van der Waals surface area contributed by atoms with Crippen LogP contribution in [0.25, 0.3) is 0 Å². The van der Waals surface area contributed by atoms with E-state index in [1.165, 1.54) is 11.3 Å². The first-order valence-electron chi connectivity index (χ1n) is 5.98. The first-order valence-corrected chi connectivity index (χ1v) is 6.80. The van der Waals surface area contributed by atoms with Gasteiger partial charge in [-0.3, -0.25) is 9.59 Å². The van der Waals surface area contributed by atoms with Crippen molar-refractivity contribution in [2.24, 2.45) is 5.41 Å². The van der Waals surface area contributed by atoms with Gasteiger partial charge in [-0.05, 0) is 20.8 Å². The van der Waals surface area contributed by atoms with Crippen molar-refractivity contribution in [2.75, 3.05) is 25.5 Å². The lowest BCUT2D eigenvalue weighted by molar-refractivity contribution is -0.128. The smallest absolute Gasteiger partial charge is 0.282 e. The number of hydrogen-bond donors (Lipinski definition) is 3. The lowest BCUT2D eigenvalue weighted by atomic mass is 9.92. The second-order valence-corrected chi connectivity index (χ2v) is 5.57. The molecule has 0 spiro atoms. The number of carbonyl (C=O) groups is 2. The Kier molecular flexibility index (Phi) is 5.22. The van der Waals surface area contributed by atoms with Gasteiger partial charge in [-0.25, -0.2) is 0 Å². The van der Waals surface area contributed by atoms with Crippen LogP contribution in [0.3, 0.4) is 0 Å². The van der Waals surface area contributed by atoms with Crippen LogP contribution in [-0.2, 0) is 4.79 Å². The van der Waals surface area contributed by atoms with Gasteiger partial charge in [0.05, 0.1) is 5.41 Å². The lowest BCUT2D eigenvalue weighted by Gasteiger charge is -2.22. The van der Waals surface area contributed by atoms with Gasteiger partial charge in [0, 0.05) is 20.1 Å². The summed E-state index contributed by atoms with van der Waals surface area (Å²) in [6.07, 6.45) is 0. The monoisotopic (exact) mass is 285 g/mol. The summed E-state index contributed by atoms with van der Waals surface area (Å²) in [6, 6.07) is 0. The van der Waals surface area contributed by atoms with E-state index >= 15 is 0 Å². The summed E-state index contributed by atoms with van der Waals surface area (Å²) < 4.78 is 0. The van der Waals surface area contributed by atoms with Crippen LogP contribution in [-0.4, -0.2) is 42.1 Å². The van der Waals surface area contributed by atoms with Gasteiger partial charge in [0.1, 0.15) is 0 Å². The van der Waals surface area contributed by atoms with Crippen molar-refractivity contribution in [1.82, 2.24) is 20.8 Å². The maximum absolute atomic E-state index is 11.9. The van der Waals surface area contributed by atoms with E-state index in [1.54, 1.807) is 20.9 Å². The predicted molar refractivity (Wildman–Crippen MR) is 74.3 cm³/mol. The van der Waals surface area contributed by atoms with Crippen LogP contribution in [0.2, 0.25) is 0 Å². The van der Waals surface area contributed by atoms with E-state index in [4.69, 9.17) is 0 Å². The fourth-order valence-corrected chi connectivity index (χ4v) is 2.06. The second kappa shape index (κ2) is 6.46. The molecule has 3 N–H and O–H groups in total. The predicted octanol–water partition coefficient (Wildman–Crippen LogP) is 0.472. The highest BCUT2D eigenvalue weighted by Gasteiger charge is 2.27. The minimum Gasteiger partial charge on any atom is -0.360 e. The molecule has 0 atom stereocenters. The van der Waals surface area contributed by atoms with E-state index in [0.29, 0.717) is 5.13 Å². The molecule has 8 heteroatoms. The first kappa shape index (κ1) is 15.4. The zero-order valence-corrected chi connectivity index (χ0v) is 12.3. The molecule has 0 radical (unpaired) electrons. The SMILES string of the molecule is CCNc1nnc(C(=O)NCC(C)(C)C(=O)NC)s1. The number of rotatable bonds is 6. The molecule has 19 heavy (non-hydrogen) atoms. The van der Waals surface area contributed by atoms with Gasteiger partial charge in [-0.15, -0.1) is 10.2 Å². The highest BCUT2D eigenvalue weighted by molar-refractivity contribution is 7.17. The molecule has 1 aromatic heterocycles. The van der Waals surface area contributed by atoms with E-state index in [9.17, 15) is 9.59 Å². The summed E-state index contributed by atoms with van der Waals surface area (Å²) in [6.45, 7) is 6.42. The summed E-state index contributed by atoms with van der Waals surface area (Å²) in [7, 11) is 1.57. The van der Waals surface area contributed by atoms with Gasteiger partial charge < -0.3 is 16.0 Å². The number of aromatic nitrogens is 2. The summed E-state index contributed by atoms with van der Waals surface area (Å²) in [5.74, 6) is -0.447. The summed E-state index contributed by atoms with van der Waals surface area (Å²) in [5.41, 5.74) is -0.667. The molecule has 0 saturated carbocycles. The average molecular weight is 285 g/mol. The number of amides is 2. The highest BCUT2D eigenvalue weighted by atomic mass is 32.1. The molecule has 1 aromatic rings. The number of nitrogens with one attached hydrogen (secondary N) is 3. The van der Waals surface area contributed by atoms with Crippen molar-refractivity contribution in [2.45, 2.75) is 20.8 Å². The van der Waals surface area contributed by atoms with Crippen molar-refractivity contribution in [3.8, 4) is 0 Å². The van der Waals surface area contributed by atoms with Gasteiger partial charge in [0.2, 0.25) is 16.0 Å². The van der Waals surface area contributed by atoms with Crippen LogP contribution in [0.5, 0.6) is 0 Å². The molecular weight excluding hydrogens is 266 g/mol. The molecule has 0 bridgehead atoms. The Labute approximate surface area is 116 Å². The van der Waals surface area contributed by atoms with Crippen molar-refractivity contribution in [3.05, 3.63) is 5.01 Å². The Morgan fingerprint density at radius 3 is 2.58 bits per heavy atom. The van der Waals surface area contributed by atoms with Gasteiger partial charge in [0.25, 0.3) is 5.91 Å². The normalized spacial score (nSPS) is 10.9. The van der Waals surface area contributed by atoms with E-state index < -0.39 is 5.41 Å². The molecule has 2 amide bonds. The average Bonchev–Trinajstić information content (AvgIpc) is 2.84. The van der Waals surface area contributed by atoms with Crippen molar-refractivity contribution in [1.29, 1.82) is 0 Å². The summed E-state index contributed by atoms with van der Waals surface area (Å²) >= 11 is 1.18. The van der Waals surface area contributed by atoms with Gasteiger partial charge in [0.15, 0.2) is 0 Å². The van der Waals surface area contributed by atoms with E-state index in [1.807, 2.05) is 6.92 Å². The minimum absolute atomic E-state index is 0.126. The van der Waals surface area contributed by atoms with Gasteiger partial charge >= 0.3 is 0 Å². The van der Waals surface area contributed by atoms with Crippen molar-refractivity contribution >= 4 is 28.3 Å². The summed E-state index contributed by atoms with van der Waals surface area (Å²) in [5, 5.41) is 16.8. The fourth-order valence-electron chi connectivity index (χ4n) is 1.33. The van der Waals surface area contributed by atoms with E-state index in [-0.39, 0.29) is 23.4 Å². The number of anilines is 1. The molecule has 106 valence electrons. The zero-order chi connectivity index (χ0) is 14.5. The molecule has 1 rings (SSSR count). The molecule has 1 heterocycles. The maximum Gasteiger partial charge on any atom is 0.282 e. The van der Waals surface area contributed by atoms with Crippen LogP contribution in [0.1, 0.15) is 30.6 Å². The fraction of sp³-hybridized carbons (Fsp3) is 0.636. The van der Waals surface area contributed by atoms with Crippen molar-refractivity contribution in [3.63, 3.8) is 0 Å². The van der Waals surface area contributed by atoms with Gasteiger partial charge in [-0.2, -0.15) is 0 Å². The third kappa shape index (κ3) is 4.16. The van der Waals surface area contributed by atoms with Crippen LogP contribution >= 0.6 is 11.3 Å². The molecule has 0 aromatic carbocycles. The third-order valence-electron chi connectivity index (χ3n) is 2.48. The molecule has 0 saturated heterocycles. The standard InChI is InChI=1S/C11H19N5O2S/c1-5-13-10-16-15-8(19-10)7(17)14-6-11(2,3)9(18)12-4/h5-6H2,1-4H3,(H,12,18)(H,13,16)(H,14,17). The lowest BCUT2D eigenvalue weighted by Crippen LogP contribution is -2.43. The van der Waals surface area contributed by atoms with Crippen LogP contribution in [0, 0.1) is 5.41 Å². The Balaban J connectivity index is 2.57. The minimum atomic E-state index is -0.667. The van der Waals surface area contributed by atoms with Crippen LogP contribution < -0.4 is 16.0 Å². The number of nitrogens with zero attached hydrogens (tertiary/aromatic N) is 2. The first-order chi connectivity index (χ1) is 8.90. The third-order valence-corrected chi connectivity index (χ3v) is 3.36. The van der Waals surface area contributed by atoms with E-state index in [2.05, 4.69) is 26.1 Å². The molecule has 0 aliphatic heterocycles. The topological polar surface area (TPSA) is 96.0 Å². The Bertz CT molecular complexity index is 458. The number of hydrogen-bond acceptors (Lipinski definition) is 6. The van der Waals surface area contributed by atoms with Gasteiger partial charge in [-0.1, -0.05) is 11.3 Å².